The topological polar surface area (TPSA) is 60.0 Å². The van der Waals surface area contributed by atoms with Crippen LogP contribution in [0.25, 0.3) is 5.69 Å². The van der Waals surface area contributed by atoms with Crippen molar-refractivity contribution in [2.75, 3.05) is 0 Å². The third-order valence-corrected chi connectivity index (χ3v) is 7.02. The molecule has 7 heteroatoms. The van der Waals surface area contributed by atoms with Crippen LogP contribution in [0.1, 0.15) is 66.2 Å². The molecule has 1 aliphatic heterocycles. The van der Waals surface area contributed by atoms with Crippen molar-refractivity contribution >= 4 is 11.6 Å². The van der Waals surface area contributed by atoms with Crippen molar-refractivity contribution in [1.82, 2.24) is 24.8 Å². The lowest BCUT2D eigenvalue weighted by atomic mass is 9.80. The summed E-state index contributed by atoms with van der Waals surface area (Å²) in [6.45, 7) is 3.51. The van der Waals surface area contributed by atoms with Gasteiger partial charge in [-0.25, -0.2) is 0 Å². The van der Waals surface area contributed by atoms with Crippen LogP contribution in [-0.4, -0.2) is 24.8 Å². The zero-order chi connectivity index (χ0) is 20.9. The molecule has 6 nitrogen and oxygen atoms in total. The summed E-state index contributed by atoms with van der Waals surface area (Å²) in [6, 6.07) is 8.24. The summed E-state index contributed by atoms with van der Waals surface area (Å²) in [4.78, 5) is 2.34. The summed E-state index contributed by atoms with van der Waals surface area (Å²) >= 11 is 6.37. The van der Waals surface area contributed by atoms with Gasteiger partial charge >= 0.3 is 0 Å². The molecule has 0 N–H and O–H groups in total. The molecule has 2 aromatic heterocycles. The number of hydrogen-bond donors (Lipinski definition) is 0. The number of nitrogens with zero attached hydrogens (tertiary/aromatic N) is 5. The standard InChI is InChI=1S/C24H24ClN5O/c1-15-11-21(28-31-15)16-5-7-17(8-6-16)24-27-26-23-14-29(20-3-2-4-20)13-18-12-19(25)9-10-22(18)30(23)24/h2-4,9-12,16-17H,5-8,13-14H2,1H3. The maximum atomic E-state index is 6.37. The van der Waals surface area contributed by atoms with Gasteiger partial charge in [-0.2, -0.15) is 0 Å². The van der Waals surface area contributed by atoms with Crippen molar-refractivity contribution in [2.24, 2.45) is 0 Å². The van der Waals surface area contributed by atoms with Gasteiger partial charge in [-0.1, -0.05) is 22.8 Å². The van der Waals surface area contributed by atoms with Crippen LogP contribution >= 0.6 is 11.6 Å². The third-order valence-electron chi connectivity index (χ3n) is 6.79. The van der Waals surface area contributed by atoms with E-state index in [0.717, 1.165) is 72.6 Å². The van der Waals surface area contributed by atoms with Crippen LogP contribution in [-0.2, 0) is 13.1 Å². The highest BCUT2D eigenvalue weighted by atomic mass is 35.5. The molecule has 0 unspecified atom stereocenters. The number of rotatable bonds is 3. The number of hydrogen-bond acceptors (Lipinski definition) is 5. The van der Waals surface area contributed by atoms with Gasteiger partial charge in [0.2, 0.25) is 0 Å². The average molecular weight is 434 g/mol. The smallest absolute Gasteiger partial charge is 0.157 e. The molecule has 158 valence electrons. The Morgan fingerprint density at radius 2 is 1.84 bits per heavy atom. The van der Waals surface area contributed by atoms with E-state index in [1.54, 1.807) is 0 Å². The molecule has 0 bridgehead atoms. The maximum Gasteiger partial charge on any atom is 0.157 e. The lowest BCUT2D eigenvalue weighted by molar-refractivity contribution is 0.332. The molecule has 0 atom stereocenters. The first-order chi connectivity index (χ1) is 15.2. The SMILES string of the molecule is Cc1cc(C2CCC(c3nnc4n3-c3ccc(Cl)cc3CN(C3=CC=C3)C4)CC2)no1. The van der Waals surface area contributed by atoms with Crippen molar-refractivity contribution in [1.29, 1.82) is 0 Å². The molecule has 0 spiro atoms. The van der Waals surface area contributed by atoms with Crippen LogP contribution in [0.3, 0.4) is 0 Å². The van der Waals surface area contributed by atoms with E-state index in [9.17, 15) is 0 Å². The molecule has 6 rings (SSSR count). The molecule has 1 saturated carbocycles. The van der Waals surface area contributed by atoms with Gasteiger partial charge < -0.3 is 9.42 Å². The predicted molar refractivity (Wildman–Crippen MR) is 118 cm³/mol. The van der Waals surface area contributed by atoms with E-state index in [0.29, 0.717) is 11.8 Å². The second-order valence-electron chi connectivity index (χ2n) is 8.80. The van der Waals surface area contributed by atoms with Crippen molar-refractivity contribution in [3.8, 4) is 5.69 Å². The largest absolute Gasteiger partial charge is 0.361 e. The molecular formula is C24H24ClN5O. The minimum atomic E-state index is 0.392. The third kappa shape index (κ3) is 3.30. The highest BCUT2D eigenvalue weighted by molar-refractivity contribution is 6.30. The summed E-state index contributed by atoms with van der Waals surface area (Å²) < 4.78 is 7.59. The average Bonchev–Trinajstić information content (AvgIpc) is 3.30. The Kier molecular flexibility index (Phi) is 4.49. The minimum absolute atomic E-state index is 0.392. The maximum absolute atomic E-state index is 6.37. The normalized spacial score (nSPS) is 22.4. The van der Waals surface area contributed by atoms with Crippen molar-refractivity contribution in [2.45, 2.75) is 57.5 Å². The molecule has 1 aromatic carbocycles. The Bertz CT molecular complexity index is 1200. The van der Waals surface area contributed by atoms with E-state index in [-0.39, 0.29) is 0 Å². The molecule has 2 aliphatic carbocycles. The fourth-order valence-electron chi connectivity index (χ4n) is 5.09. The van der Waals surface area contributed by atoms with Crippen molar-refractivity contribution in [3.05, 3.63) is 81.9 Å². The summed E-state index contributed by atoms with van der Waals surface area (Å²) in [5.41, 5.74) is 4.68. The van der Waals surface area contributed by atoms with Gasteiger partial charge in [-0.15, -0.1) is 10.2 Å². The highest BCUT2D eigenvalue weighted by Crippen LogP contribution is 2.41. The van der Waals surface area contributed by atoms with Gasteiger partial charge in [0.05, 0.1) is 17.9 Å². The van der Waals surface area contributed by atoms with Crippen LogP contribution in [0.5, 0.6) is 0 Å². The van der Waals surface area contributed by atoms with Crippen molar-refractivity contribution < 1.29 is 4.52 Å². The first-order valence-corrected chi connectivity index (χ1v) is 11.3. The Morgan fingerprint density at radius 1 is 1.03 bits per heavy atom. The monoisotopic (exact) mass is 433 g/mol. The fourth-order valence-corrected chi connectivity index (χ4v) is 5.29. The van der Waals surface area contributed by atoms with E-state index < -0.39 is 0 Å². The van der Waals surface area contributed by atoms with Crippen LogP contribution < -0.4 is 0 Å². The molecule has 1 fully saturated rings. The molecule has 0 amide bonds. The number of aromatic nitrogens is 4. The quantitative estimate of drug-likeness (QED) is 0.551. The highest BCUT2D eigenvalue weighted by Gasteiger charge is 2.32. The first-order valence-electron chi connectivity index (χ1n) is 11.0. The first kappa shape index (κ1) is 18.9. The fraction of sp³-hybridized carbons (Fsp3) is 0.375. The second kappa shape index (κ2) is 7.38. The Balaban J connectivity index is 1.33. The van der Waals surface area contributed by atoms with E-state index in [1.165, 1.54) is 11.3 Å². The summed E-state index contributed by atoms with van der Waals surface area (Å²) in [5.74, 6) is 3.82. The summed E-state index contributed by atoms with van der Waals surface area (Å²) in [7, 11) is 0. The van der Waals surface area contributed by atoms with Gasteiger partial charge in [0.1, 0.15) is 11.6 Å². The number of benzene rings is 1. The summed E-state index contributed by atoms with van der Waals surface area (Å²) in [5, 5.41) is 14.4. The van der Waals surface area contributed by atoms with Crippen LogP contribution in [0.15, 0.2) is 52.7 Å². The number of allylic oxidation sites excluding steroid dienone is 3. The lowest BCUT2D eigenvalue weighted by Gasteiger charge is -2.27. The Morgan fingerprint density at radius 3 is 2.55 bits per heavy atom. The second-order valence-corrected chi connectivity index (χ2v) is 9.24. The van der Waals surface area contributed by atoms with E-state index in [4.69, 9.17) is 21.2 Å². The van der Waals surface area contributed by atoms with E-state index in [1.807, 2.05) is 13.0 Å². The lowest BCUT2D eigenvalue weighted by Crippen LogP contribution is -2.22. The van der Waals surface area contributed by atoms with E-state index >= 15 is 0 Å². The van der Waals surface area contributed by atoms with E-state index in [2.05, 4.69) is 56.1 Å². The predicted octanol–water partition coefficient (Wildman–Crippen LogP) is 5.43. The molecule has 3 aliphatic rings. The molecule has 0 radical (unpaired) electrons. The van der Waals surface area contributed by atoms with Crippen LogP contribution in [0.4, 0.5) is 0 Å². The Labute approximate surface area is 186 Å². The number of fused-ring (bicyclic) bond motifs is 3. The molecule has 31 heavy (non-hydrogen) atoms. The summed E-state index contributed by atoms with van der Waals surface area (Å²) in [6.07, 6.45) is 10.7. The van der Waals surface area contributed by atoms with Gasteiger partial charge in [-0.3, -0.25) is 4.57 Å². The van der Waals surface area contributed by atoms with Gasteiger partial charge in [0.25, 0.3) is 0 Å². The molecule has 0 saturated heterocycles. The van der Waals surface area contributed by atoms with Crippen LogP contribution in [0, 0.1) is 6.92 Å². The van der Waals surface area contributed by atoms with Crippen LogP contribution in [0.2, 0.25) is 5.02 Å². The van der Waals surface area contributed by atoms with Gasteiger partial charge in [0, 0.05) is 35.2 Å². The molecular weight excluding hydrogens is 410 g/mol. The van der Waals surface area contributed by atoms with Gasteiger partial charge in [0.15, 0.2) is 5.82 Å². The van der Waals surface area contributed by atoms with Gasteiger partial charge in [-0.05, 0) is 68.5 Å². The number of aryl methyl sites for hydroxylation is 1. The number of halogens is 1. The zero-order valence-corrected chi connectivity index (χ0v) is 18.2. The molecule has 3 aromatic rings. The Hall–Kier alpha value is -2.86. The van der Waals surface area contributed by atoms with Crippen molar-refractivity contribution in [3.63, 3.8) is 0 Å². The minimum Gasteiger partial charge on any atom is -0.361 e. The zero-order valence-electron chi connectivity index (χ0n) is 17.5. The molecule has 3 heterocycles.